The van der Waals surface area contributed by atoms with Gasteiger partial charge in [-0.1, -0.05) is 31.2 Å². The maximum atomic E-state index is 4.70. The van der Waals surface area contributed by atoms with Crippen molar-refractivity contribution in [2.45, 2.75) is 45.7 Å². The molecule has 0 amide bonds. The molecular weight excluding hydrogens is 246 g/mol. The van der Waals surface area contributed by atoms with Gasteiger partial charge in [0.1, 0.15) is 0 Å². The van der Waals surface area contributed by atoms with Gasteiger partial charge < -0.3 is 5.32 Å². The topological polar surface area (TPSA) is 29.9 Å². The highest BCUT2D eigenvalue weighted by molar-refractivity contribution is 5.29. The van der Waals surface area contributed by atoms with Gasteiger partial charge in [0.05, 0.1) is 5.69 Å². The lowest BCUT2D eigenvalue weighted by molar-refractivity contribution is 0.469. The predicted molar refractivity (Wildman–Crippen MR) is 83.9 cm³/mol. The number of rotatable bonds is 6. The van der Waals surface area contributed by atoms with E-state index in [4.69, 9.17) is 5.10 Å². The van der Waals surface area contributed by atoms with Crippen molar-refractivity contribution in [1.29, 1.82) is 0 Å². The molecule has 0 aliphatic carbocycles. The first kappa shape index (κ1) is 14.8. The molecule has 2 atom stereocenters. The molecule has 2 rings (SSSR count). The summed E-state index contributed by atoms with van der Waals surface area (Å²) < 4.78 is 2.07. The van der Waals surface area contributed by atoms with Crippen LogP contribution in [-0.2, 0) is 6.42 Å². The van der Waals surface area contributed by atoms with Gasteiger partial charge in [-0.3, -0.25) is 4.68 Å². The van der Waals surface area contributed by atoms with E-state index >= 15 is 0 Å². The molecular formula is C17H25N3. The zero-order valence-electron chi connectivity index (χ0n) is 12.9. The Hall–Kier alpha value is -1.61. The van der Waals surface area contributed by atoms with Gasteiger partial charge >= 0.3 is 0 Å². The summed E-state index contributed by atoms with van der Waals surface area (Å²) in [4.78, 5) is 0. The highest BCUT2D eigenvalue weighted by atomic mass is 15.3. The molecule has 0 spiro atoms. The van der Waals surface area contributed by atoms with E-state index in [1.807, 2.05) is 7.05 Å². The molecule has 1 aromatic heterocycles. The Kier molecular flexibility index (Phi) is 4.96. The van der Waals surface area contributed by atoms with Crippen LogP contribution in [0.25, 0.3) is 0 Å². The molecule has 2 aromatic rings. The third-order valence-corrected chi connectivity index (χ3v) is 4.03. The Morgan fingerprint density at radius 1 is 1.25 bits per heavy atom. The van der Waals surface area contributed by atoms with Crippen LogP contribution in [0.2, 0.25) is 0 Å². The smallest absolute Gasteiger partial charge is 0.0643 e. The largest absolute Gasteiger partial charge is 0.313 e. The van der Waals surface area contributed by atoms with Crippen LogP contribution in [0, 0.1) is 6.92 Å². The summed E-state index contributed by atoms with van der Waals surface area (Å²) in [5.74, 6) is 0. The van der Waals surface area contributed by atoms with Crippen LogP contribution in [-0.4, -0.2) is 16.8 Å². The van der Waals surface area contributed by atoms with Crippen LogP contribution in [0.1, 0.15) is 49.2 Å². The molecule has 3 heteroatoms. The molecule has 0 fully saturated rings. The minimum absolute atomic E-state index is 0.316. The van der Waals surface area contributed by atoms with E-state index in [-0.39, 0.29) is 0 Å². The first-order chi connectivity index (χ1) is 9.65. The quantitative estimate of drug-likeness (QED) is 0.869. The van der Waals surface area contributed by atoms with Crippen LogP contribution >= 0.6 is 0 Å². The molecule has 0 aliphatic rings. The Balaban J connectivity index is 2.15. The second kappa shape index (κ2) is 6.71. The maximum absolute atomic E-state index is 4.70. The lowest BCUT2D eigenvalue weighted by atomic mass is 9.98. The summed E-state index contributed by atoms with van der Waals surface area (Å²) in [6.07, 6.45) is 4.12. The van der Waals surface area contributed by atoms with Gasteiger partial charge in [-0.05, 0) is 44.5 Å². The standard InChI is InChI=1S/C17H25N3/c1-5-14(3)20-11-10-15(19-20)12-17(18-4)16-9-7-6-8-13(16)2/h6-11,14,17-18H,5,12H2,1-4H3. The van der Waals surface area contributed by atoms with Crippen LogP contribution in [0.5, 0.6) is 0 Å². The second-order valence-corrected chi connectivity index (χ2v) is 5.45. The normalized spacial score (nSPS) is 14.2. The number of nitrogens with one attached hydrogen (secondary N) is 1. The Morgan fingerprint density at radius 2 is 2.00 bits per heavy atom. The Labute approximate surface area is 122 Å². The van der Waals surface area contributed by atoms with Crippen molar-refractivity contribution in [3.8, 4) is 0 Å². The number of nitrogens with zero attached hydrogens (tertiary/aromatic N) is 2. The summed E-state index contributed by atoms with van der Waals surface area (Å²) >= 11 is 0. The highest BCUT2D eigenvalue weighted by Gasteiger charge is 2.14. The van der Waals surface area contributed by atoms with Crippen molar-refractivity contribution in [1.82, 2.24) is 15.1 Å². The molecule has 0 aliphatic heterocycles. The lowest BCUT2D eigenvalue weighted by Crippen LogP contribution is -2.20. The molecule has 0 bridgehead atoms. The zero-order valence-corrected chi connectivity index (χ0v) is 12.9. The second-order valence-electron chi connectivity index (χ2n) is 5.45. The number of likely N-dealkylation sites (N-methyl/N-ethyl adjacent to an activating group) is 1. The van der Waals surface area contributed by atoms with Gasteiger partial charge in [0, 0.05) is 24.7 Å². The fourth-order valence-electron chi connectivity index (χ4n) is 2.47. The van der Waals surface area contributed by atoms with Crippen molar-refractivity contribution in [2.24, 2.45) is 0 Å². The Morgan fingerprint density at radius 3 is 2.65 bits per heavy atom. The van der Waals surface area contributed by atoms with Crippen molar-refractivity contribution in [2.75, 3.05) is 7.05 Å². The van der Waals surface area contributed by atoms with Gasteiger partial charge in [0.15, 0.2) is 0 Å². The number of aryl methyl sites for hydroxylation is 1. The number of aromatic nitrogens is 2. The van der Waals surface area contributed by atoms with Gasteiger partial charge in [-0.25, -0.2) is 0 Å². The van der Waals surface area contributed by atoms with E-state index < -0.39 is 0 Å². The summed E-state index contributed by atoms with van der Waals surface area (Å²) in [7, 11) is 2.02. The SMILES string of the molecule is CCC(C)n1ccc(CC(NC)c2ccccc2C)n1. The summed E-state index contributed by atoms with van der Waals surface area (Å²) in [6, 6.07) is 11.5. The third kappa shape index (κ3) is 3.28. The zero-order chi connectivity index (χ0) is 14.5. The molecule has 1 N–H and O–H groups in total. The average molecular weight is 271 g/mol. The van der Waals surface area contributed by atoms with Crippen molar-refractivity contribution in [3.05, 3.63) is 53.3 Å². The fourth-order valence-corrected chi connectivity index (χ4v) is 2.47. The Bertz CT molecular complexity index is 545. The van der Waals surface area contributed by atoms with Crippen LogP contribution in [0.15, 0.2) is 36.5 Å². The number of hydrogen-bond donors (Lipinski definition) is 1. The minimum Gasteiger partial charge on any atom is -0.313 e. The van der Waals surface area contributed by atoms with E-state index in [0.29, 0.717) is 12.1 Å². The number of benzene rings is 1. The van der Waals surface area contributed by atoms with Crippen molar-refractivity contribution < 1.29 is 0 Å². The van der Waals surface area contributed by atoms with E-state index in [2.05, 4.69) is 67.3 Å². The molecule has 2 unspecified atom stereocenters. The first-order valence-electron chi connectivity index (χ1n) is 7.42. The molecule has 108 valence electrons. The molecule has 0 saturated carbocycles. The van der Waals surface area contributed by atoms with Gasteiger partial charge in [0.25, 0.3) is 0 Å². The van der Waals surface area contributed by atoms with Gasteiger partial charge in [-0.15, -0.1) is 0 Å². The summed E-state index contributed by atoms with van der Waals surface area (Å²) in [5.41, 5.74) is 3.83. The maximum Gasteiger partial charge on any atom is 0.0643 e. The van der Waals surface area contributed by atoms with Gasteiger partial charge in [0.2, 0.25) is 0 Å². The van der Waals surface area contributed by atoms with Crippen molar-refractivity contribution >= 4 is 0 Å². The molecule has 1 heterocycles. The molecule has 20 heavy (non-hydrogen) atoms. The third-order valence-electron chi connectivity index (χ3n) is 4.03. The summed E-state index contributed by atoms with van der Waals surface area (Å²) in [6.45, 7) is 6.56. The van der Waals surface area contributed by atoms with E-state index in [9.17, 15) is 0 Å². The molecule has 0 radical (unpaired) electrons. The lowest BCUT2D eigenvalue weighted by Gasteiger charge is -2.18. The fraction of sp³-hybridized carbons (Fsp3) is 0.471. The van der Waals surface area contributed by atoms with E-state index in [1.54, 1.807) is 0 Å². The molecule has 0 saturated heterocycles. The van der Waals surface area contributed by atoms with Crippen LogP contribution in [0.4, 0.5) is 0 Å². The van der Waals surface area contributed by atoms with Crippen molar-refractivity contribution in [3.63, 3.8) is 0 Å². The highest BCUT2D eigenvalue weighted by Crippen LogP contribution is 2.21. The van der Waals surface area contributed by atoms with Crippen LogP contribution in [0.3, 0.4) is 0 Å². The van der Waals surface area contributed by atoms with Crippen LogP contribution < -0.4 is 5.32 Å². The minimum atomic E-state index is 0.316. The first-order valence-corrected chi connectivity index (χ1v) is 7.42. The predicted octanol–water partition coefficient (Wildman–Crippen LogP) is 3.67. The summed E-state index contributed by atoms with van der Waals surface area (Å²) in [5, 5.41) is 8.11. The van der Waals surface area contributed by atoms with E-state index in [0.717, 1.165) is 18.5 Å². The number of hydrogen-bond acceptors (Lipinski definition) is 2. The van der Waals surface area contributed by atoms with E-state index in [1.165, 1.54) is 11.1 Å². The molecule has 3 nitrogen and oxygen atoms in total. The van der Waals surface area contributed by atoms with Gasteiger partial charge in [-0.2, -0.15) is 5.10 Å². The average Bonchev–Trinajstić information content (AvgIpc) is 2.93. The molecule has 1 aromatic carbocycles. The monoisotopic (exact) mass is 271 g/mol.